The van der Waals surface area contributed by atoms with Gasteiger partial charge in [-0.15, -0.1) is 5.10 Å². The van der Waals surface area contributed by atoms with E-state index in [1.165, 1.54) is 10.4 Å². The van der Waals surface area contributed by atoms with Crippen molar-refractivity contribution in [1.82, 2.24) is 24.5 Å². The molecule has 4 rings (SSSR count). The summed E-state index contributed by atoms with van der Waals surface area (Å²) in [5, 5.41) is 11.6. The smallest absolute Gasteiger partial charge is 0.340 e. The Bertz CT molecular complexity index is 1060. The monoisotopic (exact) mass is 476 g/mol. The van der Waals surface area contributed by atoms with Crippen LogP contribution in [-0.2, 0) is 27.9 Å². The summed E-state index contributed by atoms with van der Waals surface area (Å²) in [4.78, 5) is 15.4. The lowest BCUT2D eigenvalue weighted by molar-refractivity contribution is 0.0456. The third kappa shape index (κ3) is 5.35. The molecule has 0 atom stereocenters. The second-order valence-electron chi connectivity index (χ2n) is 8.59. The van der Waals surface area contributed by atoms with Crippen LogP contribution in [0.2, 0.25) is 0 Å². The number of hydrogen-bond donors (Lipinski definition) is 0. The molecule has 3 heterocycles. The minimum atomic E-state index is -3.66. The molecule has 2 aromatic rings. The lowest BCUT2D eigenvalue weighted by atomic mass is 10.1. The molecule has 0 unspecified atom stereocenters. The van der Waals surface area contributed by atoms with Gasteiger partial charge in [0, 0.05) is 32.7 Å². The number of anilines is 1. The number of aryl methyl sites for hydroxylation is 1. The van der Waals surface area contributed by atoms with Crippen LogP contribution in [-0.4, -0.2) is 65.1 Å². The summed E-state index contributed by atoms with van der Waals surface area (Å²) in [6, 6.07) is 4.82. The molecule has 1 aromatic carbocycles. The molecule has 180 valence electrons. The molecule has 0 spiro atoms. The maximum atomic E-state index is 13.2. The van der Waals surface area contributed by atoms with E-state index in [4.69, 9.17) is 4.74 Å². The number of carbonyl (C=O) groups excluding carboxylic acids is 1. The van der Waals surface area contributed by atoms with E-state index in [1.54, 1.807) is 16.8 Å². The number of ether oxygens (including phenoxy) is 1. The largest absolute Gasteiger partial charge is 0.454 e. The van der Waals surface area contributed by atoms with Crippen LogP contribution in [0, 0.1) is 0 Å². The number of rotatable bonds is 9. The SMILES string of the molecule is CCCCn1nnnc1COC(=O)c1cc(S(=O)(=O)N2CCCCC2)ccc1N1CCCC1. The van der Waals surface area contributed by atoms with Gasteiger partial charge in [-0.05, 0) is 60.7 Å². The van der Waals surface area contributed by atoms with Crippen molar-refractivity contribution in [2.24, 2.45) is 0 Å². The zero-order valence-electron chi connectivity index (χ0n) is 19.1. The number of piperidine rings is 1. The van der Waals surface area contributed by atoms with Crippen LogP contribution in [0.25, 0.3) is 0 Å². The number of benzene rings is 1. The second kappa shape index (κ2) is 10.6. The number of aromatic nitrogens is 4. The topological polar surface area (TPSA) is 111 Å². The fraction of sp³-hybridized carbons (Fsp3) is 0.636. The maximum absolute atomic E-state index is 13.2. The second-order valence-corrected chi connectivity index (χ2v) is 10.5. The maximum Gasteiger partial charge on any atom is 0.340 e. The molecule has 2 aliphatic heterocycles. The number of carbonyl (C=O) groups is 1. The molecule has 2 aliphatic rings. The van der Waals surface area contributed by atoms with Gasteiger partial charge in [0.15, 0.2) is 12.4 Å². The number of tetrazole rings is 1. The highest BCUT2D eigenvalue weighted by atomic mass is 32.2. The van der Waals surface area contributed by atoms with Crippen molar-refractivity contribution in [2.45, 2.75) is 69.9 Å². The summed E-state index contributed by atoms with van der Waals surface area (Å²) in [5.74, 6) is -0.103. The van der Waals surface area contributed by atoms with Crippen molar-refractivity contribution >= 4 is 21.7 Å². The number of sulfonamides is 1. The molecule has 0 N–H and O–H groups in total. The summed E-state index contributed by atoms with van der Waals surface area (Å²) in [6.45, 7) is 5.33. The van der Waals surface area contributed by atoms with E-state index in [-0.39, 0.29) is 17.1 Å². The van der Waals surface area contributed by atoms with E-state index in [0.717, 1.165) is 58.0 Å². The van der Waals surface area contributed by atoms with Crippen LogP contribution in [0.15, 0.2) is 23.1 Å². The first-order valence-corrected chi connectivity index (χ1v) is 13.3. The summed E-state index contributed by atoms with van der Waals surface area (Å²) in [6.07, 6.45) is 6.73. The van der Waals surface area contributed by atoms with Crippen molar-refractivity contribution in [1.29, 1.82) is 0 Å². The van der Waals surface area contributed by atoms with Crippen molar-refractivity contribution < 1.29 is 17.9 Å². The molecule has 0 radical (unpaired) electrons. The van der Waals surface area contributed by atoms with Gasteiger partial charge in [0.25, 0.3) is 0 Å². The Hall–Kier alpha value is -2.53. The van der Waals surface area contributed by atoms with Gasteiger partial charge in [0.05, 0.1) is 16.1 Å². The van der Waals surface area contributed by atoms with Crippen LogP contribution < -0.4 is 4.90 Å². The van der Waals surface area contributed by atoms with Crippen LogP contribution >= 0.6 is 0 Å². The molecule has 10 nitrogen and oxygen atoms in total. The molecule has 0 amide bonds. The average Bonchev–Trinajstić information content (AvgIpc) is 3.53. The number of hydrogen-bond acceptors (Lipinski definition) is 8. The quantitative estimate of drug-likeness (QED) is 0.508. The molecule has 2 fully saturated rings. The fourth-order valence-electron chi connectivity index (χ4n) is 4.34. The Morgan fingerprint density at radius 3 is 2.52 bits per heavy atom. The Labute approximate surface area is 194 Å². The zero-order chi connectivity index (χ0) is 23.3. The van der Waals surface area contributed by atoms with Crippen LogP contribution in [0.5, 0.6) is 0 Å². The van der Waals surface area contributed by atoms with Gasteiger partial charge in [-0.3, -0.25) is 0 Å². The molecule has 33 heavy (non-hydrogen) atoms. The highest BCUT2D eigenvalue weighted by Gasteiger charge is 2.29. The molecule has 2 saturated heterocycles. The molecule has 1 aromatic heterocycles. The van der Waals surface area contributed by atoms with Gasteiger partial charge in [0.2, 0.25) is 10.0 Å². The fourth-order valence-corrected chi connectivity index (χ4v) is 5.89. The van der Waals surface area contributed by atoms with Gasteiger partial charge in [-0.25, -0.2) is 17.9 Å². The van der Waals surface area contributed by atoms with Crippen LogP contribution in [0.1, 0.15) is 68.1 Å². The van der Waals surface area contributed by atoms with Crippen LogP contribution in [0.3, 0.4) is 0 Å². The average molecular weight is 477 g/mol. The third-order valence-corrected chi connectivity index (χ3v) is 8.14. The molecule has 11 heteroatoms. The van der Waals surface area contributed by atoms with E-state index in [1.807, 2.05) is 0 Å². The minimum absolute atomic E-state index is 0.0713. The summed E-state index contributed by atoms with van der Waals surface area (Å²) < 4.78 is 35.1. The van der Waals surface area contributed by atoms with E-state index in [2.05, 4.69) is 27.3 Å². The van der Waals surface area contributed by atoms with Gasteiger partial charge in [0.1, 0.15) is 0 Å². The highest BCUT2D eigenvalue weighted by molar-refractivity contribution is 7.89. The van der Waals surface area contributed by atoms with E-state index >= 15 is 0 Å². The molecule has 0 bridgehead atoms. The van der Waals surface area contributed by atoms with Crippen molar-refractivity contribution in [3.8, 4) is 0 Å². The standard InChI is InChI=1S/C22H32N6O4S/c1-2-3-15-28-21(23-24-25-28)17-32-22(29)19-16-18(9-10-20(19)26-11-7-8-12-26)33(30,31)27-13-5-4-6-14-27/h9-10,16H,2-8,11-15,17H2,1H3. The predicted molar refractivity (Wildman–Crippen MR) is 122 cm³/mol. The first kappa shape index (κ1) is 23.6. The third-order valence-electron chi connectivity index (χ3n) is 6.25. The van der Waals surface area contributed by atoms with E-state index in [9.17, 15) is 13.2 Å². The number of nitrogens with zero attached hydrogens (tertiary/aromatic N) is 6. The number of unbranched alkanes of at least 4 members (excludes halogenated alkanes) is 1. The predicted octanol–water partition coefficient (Wildman–Crippen LogP) is 2.61. The zero-order valence-corrected chi connectivity index (χ0v) is 20.0. The first-order valence-electron chi connectivity index (χ1n) is 11.8. The number of esters is 1. The highest BCUT2D eigenvalue weighted by Crippen LogP contribution is 2.30. The lowest BCUT2D eigenvalue weighted by Crippen LogP contribution is -2.35. The Balaban J connectivity index is 1.58. The van der Waals surface area contributed by atoms with Crippen molar-refractivity contribution in [2.75, 3.05) is 31.1 Å². The lowest BCUT2D eigenvalue weighted by Gasteiger charge is -2.27. The minimum Gasteiger partial charge on any atom is -0.454 e. The summed E-state index contributed by atoms with van der Waals surface area (Å²) >= 11 is 0. The Kier molecular flexibility index (Phi) is 7.59. The normalized spacial score (nSPS) is 17.4. The molecule has 0 saturated carbocycles. The first-order chi connectivity index (χ1) is 16.0. The van der Waals surface area contributed by atoms with Gasteiger partial charge < -0.3 is 9.64 Å². The van der Waals surface area contributed by atoms with Crippen LogP contribution in [0.4, 0.5) is 5.69 Å². The van der Waals surface area contributed by atoms with Crippen molar-refractivity contribution in [3.05, 3.63) is 29.6 Å². The molecular formula is C22H32N6O4S. The molecule has 0 aliphatic carbocycles. The van der Waals surface area contributed by atoms with Crippen molar-refractivity contribution in [3.63, 3.8) is 0 Å². The van der Waals surface area contributed by atoms with E-state index in [0.29, 0.717) is 31.1 Å². The Morgan fingerprint density at radius 1 is 1.06 bits per heavy atom. The van der Waals surface area contributed by atoms with Gasteiger partial charge >= 0.3 is 5.97 Å². The van der Waals surface area contributed by atoms with Gasteiger partial charge in [-0.2, -0.15) is 4.31 Å². The summed E-state index contributed by atoms with van der Waals surface area (Å²) in [7, 11) is -3.66. The Morgan fingerprint density at radius 2 is 1.79 bits per heavy atom. The van der Waals surface area contributed by atoms with Gasteiger partial charge in [-0.1, -0.05) is 19.8 Å². The van der Waals surface area contributed by atoms with E-state index < -0.39 is 16.0 Å². The summed E-state index contributed by atoms with van der Waals surface area (Å²) in [5.41, 5.74) is 0.975. The molecular weight excluding hydrogens is 444 g/mol.